The Morgan fingerprint density at radius 1 is 1.43 bits per heavy atom. The second-order valence-corrected chi connectivity index (χ2v) is 2.77. The van der Waals surface area contributed by atoms with Gasteiger partial charge in [0, 0.05) is 14.1 Å². The lowest BCUT2D eigenvalue weighted by molar-refractivity contribution is -0.102. The standard InChI is InChI=1S/C9H10N2O3/c1-11(2)10-8(6-13)9-4-3-7(5-12)14-9/h3-6H,1-2H3/b10-8+. The first-order valence-corrected chi connectivity index (χ1v) is 3.94. The predicted molar refractivity (Wildman–Crippen MR) is 50.4 cm³/mol. The van der Waals surface area contributed by atoms with Crippen LogP contribution >= 0.6 is 0 Å². The monoisotopic (exact) mass is 194 g/mol. The molecule has 5 nitrogen and oxygen atoms in total. The van der Waals surface area contributed by atoms with Crippen LogP contribution in [0.1, 0.15) is 16.3 Å². The number of furan rings is 1. The van der Waals surface area contributed by atoms with E-state index >= 15 is 0 Å². The molecule has 0 aliphatic carbocycles. The molecule has 1 aromatic rings. The van der Waals surface area contributed by atoms with Crippen molar-refractivity contribution in [1.82, 2.24) is 5.01 Å². The SMILES string of the molecule is CN(C)/N=C(\C=O)c1ccc(C=O)o1. The number of carbonyl (C=O) groups excluding carboxylic acids is 2. The van der Waals surface area contributed by atoms with Gasteiger partial charge in [0.1, 0.15) is 0 Å². The van der Waals surface area contributed by atoms with Crippen LogP contribution in [0.3, 0.4) is 0 Å². The van der Waals surface area contributed by atoms with Gasteiger partial charge in [-0.15, -0.1) is 0 Å². The second-order valence-electron chi connectivity index (χ2n) is 2.77. The van der Waals surface area contributed by atoms with E-state index in [9.17, 15) is 9.59 Å². The smallest absolute Gasteiger partial charge is 0.185 e. The molecular weight excluding hydrogens is 184 g/mol. The van der Waals surface area contributed by atoms with E-state index in [1.54, 1.807) is 14.1 Å². The molecule has 0 saturated carbocycles. The number of carbonyl (C=O) groups is 2. The van der Waals surface area contributed by atoms with Crippen LogP contribution in [0.5, 0.6) is 0 Å². The van der Waals surface area contributed by atoms with Crippen LogP contribution in [0.2, 0.25) is 0 Å². The number of rotatable bonds is 4. The average Bonchev–Trinajstić information content (AvgIpc) is 2.62. The Kier molecular flexibility index (Phi) is 3.17. The van der Waals surface area contributed by atoms with Crippen LogP contribution in [0.25, 0.3) is 0 Å². The molecule has 14 heavy (non-hydrogen) atoms. The highest BCUT2D eigenvalue weighted by Gasteiger charge is 2.08. The van der Waals surface area contributed by atoms with Gasteiger partial charge in [-0.2, -0.15) is 5.10 Å². The third-order valence-electron chi connectivity index (χ3n) is 1.41. The number of nitrogens with zero attached hydrogens (tertiary/aromatic N) is 2. The fraction of sp³-hybridized carbons (Fsp3) is 0.222. The fourth-order valence-corrected chi connectivity index (χ4v) is 0.900. The second kappa shape index (κ2) is 4.36. The van der Waals surface area contributed by atoms with Crippen molar-refractivity contribution >= 4 is 18.3 Å². The number of hydrogen-bond acceptors (Lipinski definition) is 5. The fourth-order valence-electron chi connectivity index (χ4n) is 0.900. The highest BCUT2D eigenvalue weighted by molar-refractivity contribution is 6.35. The van der Waals surface area contributed by atoms with Crippen molar-refractivity contribution in [3.05, 3.63) is 23.7 Å². The Hall–Kier alpha value is -1.91. The maximum absolute atomic E-state index is 10.6. The van der Waals surface area contributed by atoms with Gasteiger partial charge in [-0.05, 0) is 12.1 Å². The summed E-state index contributed by atoms with van der Waals surface area (Å²) in [4.78, 5) is 21.0. The summed E-state index contributed by atoms with van der Waals surface area (Å²) in [6, 6.07) is 3.01. The lowest BCUT2D eigenvalue weighted by Crippen LogP contribution is -2.10. The summed E-state index contributed by atoms with van der Waals surface area (Å²) in [5, 5.41) is 5.36. The van der Waals surface area contributed by atoms with Crippen molar-refractivity contribution in [2.75, 3.05) is 14.1 Å². The average molecular weight is 194 g/mol. The van der Waals surface area contributed by atoms with Crippen LogP contribution in [0.4, 0.5) is 0 Å². The van der Waals surface area contributed by atoms with Gasteiger partial charge in [0.2, 0.25) is 0 Å². The number of hydrazone groups is 1. The lowest BCUT2D eigenvalue weighted by Gasteiger charge is -2.03. The van der Waals surface area contributed by atoms with Crippen LogP contribution in [-0.2, 0) is 4.79 Å². The van der Waals surface area contributed by atoms with E-state index in [-0.39, 0.29) is 17.2 Å². The minimum absolute atomic E-state index is 0.156. The van der Waals surface area contributed by atoms with E-state index < -0.39 is 0 Å². The summed E-state index contributed by atoms with van der Waals surface area (Å²) in [5.74, 6) is 0.462. The third kappa shape index (κ3) is 2.29. The summed E-state index contributed by atoms with van der Waals surface area (Å²) in [6.07, 6.45) is 1.15. The first-order chi connectivity index (χ1) is 6.67. The van der Waals surface area contributed by atoms with Crippen molar-refractivity contribution in [2.45, 2.75) is 0 Å². The number of hydrogen-bond donors (Lipinski definition) is 0. The molecule has 74 valence electrons. The highest BCUT2D eigenvalue weighted by Crippen LogP contribution is 2.06. The summed E-state index contributed by atoms with van der Waals surface area (Å²) < 4.78 is 5.03. The van der Waals surface area contributed by atoms with E-state index in [2.05, 4.69) is 5.10 Å². The first kappa shape index (κ1) is 10.2. The van der Waals surface area contributed by atoms with Gasteiger partial charge >= 0.3 is 0 Å². The van der Waals surface area contributed by atoms with E-state index in [1.165, 1.54) is 17.1 Å². The van der Waals surface area contributed by atoms with Gasteiger partial charge in [0.05, 0.1) is 0 Å². The maximum Gasteiger partial charge on any atom is 0.185 e. The Labute approximate surface area is 81.0 Å². The molecule has 0 atom stereocenters. The topological polar surface area (TPSA) is 62.9 Å². The van der Waals surface area contributed by atoms with Crippen LogP contribution in [0.15, 0.2) is 21.7 Å². The zero-order chi connectivity index (χ0) is 10.6. The minimum Gasteiger partial charge on any atom is -0.451 e. The lowest BCUT2D eigenvalue weighted by atomic mass is 10.3. The van der Waals surface area contributed by atoms with Crippen molar-refractivity contribution in [3.63, 3.8) is 0 Å². The molecule has 0 fully saturated rings. The number of aldehydes is 2. The van der Waals surface area contributed by atoms with E-state index in [1.807, 2.05) is 0 Å². The summed E-state index contributed by atoms with van der Waals surface area (Å²) in [7, 11) is 3.38. The van der Waals surface area contributed by atoms with Crippen LogP contribution in [0, 0.1) is 0 Å². The molecule has 5 heteroatoms. The Morgan fingerprint density at radius 2 is 2.14 bits per heavy atom. The van der Waals surface area contributed by atoms with E-state index in [0.717, 1.165) is 0 Å². The minimum atomic E-state index is 0.156. The van der Waals surface area contributed by atoms with Crippen molar-refractivity contribution < 1.29 is 14.0 Å². The van der Waals surface area contributed by atoms with Crippen LogP contribution in [-0.4, -0.2) is 37.4 Å². The largest absolute Gasteiger partial charge is 0.451 e. The maximum atomic E-state index is 10.6. The normalized spacial score (nSPS) is 11.1. The Bertz CT molecular complexity index is 366. The van der Waals surface area contributed by atoms with Gasteiger partial charge in [-0.25, -0.2) is 0 Å². The summed E-state index contributed by atoms with van der Waals surface area (Å²) >= 11 is 0. The van der Waals surface area contributed by atoms with Gasteiger partial charge in [-0.1, -0.05) is 0 Å². The third-order valence-corrected chi connectivity index (χ3v) is 1.41. The molecule has 0 aliphatic heterocycles. The molecule has 0 unspecified atom stereocenters. The molecule has 0 aromatic carbocycles. The van der Waals surface area contributed by atoms with Crippen molar-refractivity contribution in [3.8, 4) is 0 Å². The molecule has 0 aliphatic rings. The molecule has 0 amide bonds. The molecule has 0 saturated heterocycles. The van der Waals surface area contributed by atoms with Crippen molar-refractivity contribution in [2.24, 2.45) is 5.10 Å². The quantitative estimate of drug-likeness (QED) is 0.399. The molecule has 0 bridgehead atoms. The molecule has 1 heterocycles. The van der Waals surface area contributed by atoms with Crippen LogP contribution < -0.4 is 0 Å². The highest BCUT2D eigenvalue weighted by atomic mass is 16.3. The van der Waals surface area contributed by atoms with Gasteiger partial charge in [0.15, 0.2) is 29.8 Å². The Morgan fingerprint density at radius 3 is 2.57 bits per heavy atom. The van der Waals surface area contributed by atoms with E-state index in [4.69, 9.17) is 4.42 Å². The zero-order valence-electron chi connectivity index (χ0n) is 7.93. The van der Waals surface area contributed by atoms with Gasteiger partial charge < -0.3 is 9.43 Å². The first-order valence-electron chi connectivity index (χ1n) is 3.94. The molecule has 0 radical (unpaired) electrons. The van der Waals surface area contributed by atoms with Gasteiger partial charge in [-0.3, -0.25) is 9.59 Å². The summed E-state index contributed by atoms with van der Waals surface area (Å²) in [5.41, 5.74) is 0.156. The van der Waals surface area contributed by atoms with Crippen molar-refractivity contribution in [1.29, 1.82) is 0 Å². The zero-order valence-corrected chi connectivity index (χ0v) is 7.93. The Balaban J connectivity index is 3.00. The molecule has 0 N–H and O–H groups in total. The molecular formula is C9H10N2O3. The molecule has 0 spiro atoms. The summed E-state index contributed by atoms with van der Waals surface area (Å²) in [6.45, 7) is 0. The van der Waals surface area contributed by atoms with E-state index in [0.29, 0.717) is 12.6 Å². The molecule has 1 rings (SSSR count). The van der Waals surface area contributed by atoms with Gasteiger partial charge in [0.25, 0.3) is 0 Å². The molecule has 1 aromatic heterocycles. The predicted octanol–water partition coefficient (Wildman–Crippen LogP) is 0.557.